The number of methoxy groups -OCH3 is 1. The van der Waals surface area contributed by atoms with Gasteiger partial charge in [0.05, 0.1) is 12.6 Å². The highest BCUT2D eigenvalue weighted by Crippen LogP contribution is 2.12. The summed E-state index contributed by atoms with van der Waals surface area (Å²) in [5.74, 6) is 1.21. The van der Waals surface area contributed by atoms with Crippen molar-refractivity contribution >= 4 is 11.8 Å². The molecule has 1 rings (SSSR count). The van der Waals surface area contributed by atoms with Crippen molar-refractivity contribution in [3.05, 3.63) is 35.9 Å². The molecule has 0 aliphatic rings. The van der Waals surface area contributed by atoms with Gasteiger partial charge in [0.25, 0.3) is 0 Å². The van der Waals surface area contributed by atoms with Gasteiger partial charge in [-0.15, -0.1) is 0 Å². The Balaban J connectivity index is 2.41. The van der Waals surface area contributed by atoms with Crippen molar-refractivity contribution < 1.29 is 4.74 Å². The van der Waals surface area contributed by atoms with Crippen LogP contribution in [0, 0.1) is 0 Å². The van der Waals surface area contributed by atoms with Crippen LogP contribution in [0.1, 0.15) is 18.0 Å². The maximum absolute atomic E-state index is 5.25. The Morgan fingerprint density at radius 1 is 1.31 bits per heavy atom. The van der Waals surface area contributed by atoms with Gasteiger partial charge in [-0.25, -0.2) is 0 Å². The van der Waals surface area contributed by atoms with Crippen LogP contribution in [0.3, 0.4) is 0 Å². The average Bonchev–Trinajstić information content (AvgIpc) is 2.34. The average molecular weight is 239 g/mol. The van der Waals surface area contributed by atoms with Crippen LogP contribution >= 0.6 is 11.8 Å². The van der Waals surface area contributed by atoms with Gasteiger partial charge >= 0.3 is 0 Å². The molecule has 0 fully saturated rings. The van der Waals surface area contributed by atoms with E-state index in [4.69, 9.17) is 4.74 Å². The fourth-order valence-corrected chi connectivity index (χ4v) is 2.05. The lowest BCUT2D eigenvalue weighted by Crippen LogP contribution is -2.26. The Morgan fingerprint density at radius 3 is 2.69 bits per heavy atom. The predicted octanol–water partition coefficient (Wildman–Crippen LogP) is 2.72. The predicted molar refractivity (Wildman–Crippen MR) is 72.1 cm³/mol. The van der Waals surface area contributed by atoms with Gasteiger partial charge in [0.15, 0.2) is 0 Å². The minimum atomic E-state index is 0.313. The van der Waals surface area contributed by atoms with Crippen molar-refractivity contribution in [3.63, 3.8) is 0 Å². The Bertz CT molecular complexity index is 266. The second-order valence-corrected chi connectivity index (χ2v) is 4.70. The molecule has 0 saturated carbocycles. The summed E-state index contributed by atoms with van der Waals surface area (Å²) < 4.78 is 5.25. The normalized spacial score (nSPS) is 12.6. The molecule has 0 bridgehead atoms. The van der Waals surface area contributed by atoms with Gasteiger partial charge in [-0.05, 0) is 30.5 Å². The zero-order chi connectivity index (χ0) is 11.6. The van der Waals surface area contributed by atoms with E-state index in [1.54, 1.807) is 7.11 Å². The number of ether oxygens (including phenoxy) is 1. The first-order valence-corrected chi connectivity index (χ1v) is 7.04. The van der Waals surface area contributed by atoms with Crippen LogP contribution in [0.25, 0.3) is 0 Å². The summed E-state index contributed by atoms with van der Waals surface area (Å²) in [5, 5.41) is 3.53. The molecule has 0 aliphatic heterocycles. The quantitative estimate of drug-likeness (QED) is 0.705. The third-order valence-corrected chi connectivity index (χ3v) is 3.15. The van der Waals surface area contributed by atoms with Crippen LogP contribution < -0.4 is 5.32 Å². The van der Waals surface area contributed by atoms with E-state index in [2.05, 4.69) is 35.8 Å². The van der Waals surface area contributed by atoms with Gasteiger partial charge in [0.2, 0.25) is 0 Å². The fraction of sp³-hybridized carbons (Fsp3) is 0.538. The number of rotatable bonds is 8. The molecule has 0 heterocycles. The van der Waals surface area contributed by atoms with Gasteiger partial charge in [-0.3, -0.25) is 0 Å². The van der Waals surface area contributed by atoms with Crippen molar-refractivity contribution in [2.24, 2.45) is 0 Å². The summed E-state index contributed by atoms with van der Waals surface area (Å²) in [5.41, 5.74) is 1.30. The van der Waals surface area contributed by atoms with Crippen LogP contribution in [0.4, 0.5) is 0 Å². The number of hydrogen-bond acceptors (Lipinski definition) is 3. The van der Waals surface area contributed by atoms with E-state index < -0.39 is 0 Å². The molecule has 1 atom stereocenters. The first kappa shape index (κ1) is 13.6. The molecule has 16 heavy (non-hydrogen) atoms. The summed E-state index contributed by atoms with van der Waals surface area (Å²) in [4.78, 5) is 0. The highest BCUT2D eigenvalue weighted by Gasteiger charge is 2.09. The largest absolute Gasteiger partial charge is 0.383 e. The Hall–Kier alpha value is -0.510. The van der Waals surface area contributed by atoms with E-state index in [0.717, 1.165) is 13.2 Å². The fourth-order valence-electron chi connectivity index (χ4n) is 1.62. The minimum Gasteiger partial charge on any atom is -0.383 e. The second-order valence-electron chi connectivity index (χ2n) is 3.72. The van der Waals surface area contributed by atoms with Crippen LogP contribution in [0.5, 0.6) is 0 Å². The molecule has 2 nitrogen and oxygen atoms in total. The Morgan fingerprint density at radius 2 is 2.06 bits per heavy atom. The van der Waals surface area contributed by atoms with E-state index in [0.29, 0.717) is 6.04 Å². The SMILES string of the molecule is COCC(NCCCSC)c1ccccc1. The molecule has 1 N–H and O–H groups in total. The topological polar surface area (TPSA) is 21.3 Å². The van der Waals surface area contributed by atoms with Crippen molar-refractivity contribution in [3.8, 4) is 0 Å². The highest BCUT2D eigenvalue weighted by molar-refractivity contribution is 7.98. The first-order chi connectivity index (χ1) is 7.88. The first-order valence-electron chi connectivity index (χ1n) is 5.64. The zero-order valence-corrected chi connectivity index (χ0v) is 10.9. The minimum absolute atomic E-state index is 0.313. The number of hydrogen-bond donors (Lipinski definition) is 1. The monoisotopic (exact) mass is 239 g/mol. The second kappa shape index (κ2) is 8.62. The molecule has 1 aromatic rings. The highest BCUT2D eigenvalue weighted by atomic mass is 32.2. The van der Waals surface area contributed by atoms with Crippen molar-refractivity contribution in [2.75, 3.05) is 32.3 Å². The summed E-state index contributed by atoms with van der Waals surface area (Å²) in [6.07, 6.45) is 3.35. The maximum atomic E-state index is 5.25. The molecule has 1 aromatic carbocycles. The van der Waals surface area contributed by atoms with E-state index in [-0.39, 0.29) is 0 Å². The summed E-state index contributed by atoms with van der Waals surface area (Å²) in [6, 6.07) is 10.8. The molecule has 1 unspecified atom stereocenters. The molecule has 0 radical (unpaired) electrons. The van der Waals surface area contributed by atoms with E-state index in [1.165, 1.54) is 17.7 Å². The lowest BCUT2D eigenvalue weighted by molar-refractivity contribution is 0.167. The molecule has 0 amide bonds. The van der Waals surface area contributed by atoms with Gasteiger partial charge in [-0.1, -0.05) is 30.3 Å². The molecule has 0 spiro atoms. The van der Waals surface area contributed by atoms with Gasteiger partial charge in [0.1, 0.15) is 0 Å². The van der Waals surface area contributed by atoms with Gasteiger partial charge in [0, 0.05) is 7.11 Å². The lowest BCUT2D eigenvalue weighted by Gasteiger charge is -2.18. The lowest BCUT2D eigenvalue weighted by atomic mass is 10.1. The zero-order valence-electron chi connectivity index (χ0n) is 10.1. The van der Waals surface area contributed by atoms with Gasteiger partial charge in [-0.2, -0.15) is 11.8 Å². The van der Waals surface area contributed by atoms with E-state index in [9.17, 15) is 0 Å². The third kappa shape index (κ3) is 5.01. The molecule has 0 aromatic heterocycles. The molecule has 3 heteroatoms. The van der Waals surface area contributed by atoms with Crippen LogP contribution in [-0.4, -0.2) is 32.3 Å². The number of benzene rings is 1. The van der Waals surface area contributed by atoms with Gasteiger partial charge < -0.3 is 10.1 Å². The van der Waals surface area contributed by atoms with Crippen LogP contribution in [0.15, 0.2) is 30.3 Å². The van der Waals surface area contributed by atoms with Crippen LogP contribution in [0.2, 0.25) is 0 Å². The number of thioether (sulfide) groups is 1. The molecule has 0 aliphatic carbocycles. The standard InChI is InChI=1S/C13H21NOS/c1-15-11-13(14-9-6-10-16-2)12-7-4-3-5-8-12/h3-5,7-8,13-14H,6,9-11H2,1-2H3. The molecular formula is C13H21NOS. The molecular weight excluding hydrogens is 218 g/mol. The third-order valence-electron chi connectivity index (χ3n) is 2.45. The Kier molecular flexibility index (Phi) is 7.30. The smallest absolute Gasteiger partial charge is 0.0657 e. The van der Waals surface area contributed by atoms with Crippen molar-refractivity contribution in [1.82, 2.24) is 5.32 Å². The molecule has 0 saturated heterocycles. The van der Waals surface area contributed by atoms with E-state index >= 15 is 0 Å². The van der Waals surface area contributed by atoms with Crippen molar-refractivity contribution in [1.29, 1.82) is 0 Å². The number of nitrogens with one attached hydrogen (secondary N) is 1. The van der Waals surface area contributed by atoms with Crippen LogP contribution in [-0.2, 0) is 4.74 Å². The summed E-state index contributed by atoms with van der Waals surface area (Å²) in [6.45, 7) is 1.77. The summed E-state index contributed by atoms with van der Waals surface area (Å²) >= 11 is 1.89. The van der Waals surface area contributed by atoms with E-state index in [1.807, 2.05) is 17.8 Å². The van der Waals surface area contributed by atoms with Crippen molar-refractivity contribution in [2.45, 2.75) is 12.5 Å². The molecule has 90 valence electrons. The maximum Gasteiger partial charge on any atom is 0.0657 e. The summed E-state index contributed by atoms with van der Waals surface area (Å²) in [7, 11) is 1.75. The Labute approximate surface area is 103 Å².